The van der Waals surface area contributed by atoms with E-state index >= 15 is 0 Å². The monoisotopic (exact) mass is 221 g/mol. The standard InChI is InChI=1S/C12H19N3O/c1-15(2)12(16)14-9-11-5-3-10(4-6-11)7-8-13/h3-6H,7-9,13H2,1-2H3,(H,14,16). The number of rotatable bonds is 4. The zero-order chi connectivity index (χ0) is 12.0. The second-order valence-corrected chi connectivity index (χ2v) is 3.91. The van der Waals surface area contributed by atoms with Crippen LogP contribution < -0.4 is 11.1 Å². The Kier molecular flexibility index (Phi) is 4.79. The van der Waals surface area contributed by atoms with E-state index in [-0.39, 0.29) is 6.03 Å². The third kappa shape index (κ3) is 3.90. The van der Waals surface area contributed by atoms with Crippen LogP contribution in [0.5, 0.6) is 0 Å². The number of amides is 2. The largest absolute Gasteiger partial charge is 0.334 e. The molecule has 0 heterocycles. The lowest BCUT2D eigenvalue weighted by atomic mass is 10.1. The summed E-state index contributed by atoms with van der Waals surface area (Å²) in [4.78, 5) is 12.8. The van der Waals surface area contributed by atoms with Crippen LogP contribution >= 0.6 is 0 Å². The van der Waals surface area contributed by atoms with Crippen LogP contribution in [-0.4, -0.2) is 31.6 Å². The summed E-state index contributed by atoms with van der Waals surface area (Å²) in [6, 6.07) is 8.04. The second kappa shape index (κ2) is 6.12. The van der Waals surface area contributed by atoms with E-state index in [1.165, 1.54) is 10.5 Å². The maximum Gasteiger partial charge on any atom is 0.317 e. The molecule has 4 nitrogen and oxygen atoms in total. The molecule has 0 aliphatic rings. The summed E-state index contributed by atoms with van der Waals surface area (Å²) >= 11 is 0. The van der Waals surface area contributed by atoms with Crippen molar-refractivity contribution in [1.29, 1.82) is 0 Å². The smallest absolute Gasteiger partial charge is 0.317 e. The van der Waals surface area contributed by atoms with Gasteiger partial charge in [0.05, 0.1) is 0 Å². The van der Waals surface area contributed by atoms with Gasteiger partial charge in [0, 0.05) is 20.6 Å². The van der Waals surface area contributed by atoms with Gasteiger partial charge in [-0.15, -0.1) is 0 Å². The Bertz CT molecular complexity index is 333. The highest BCUT2D eigenvalue weighted by Crippen LogP contribution is 2.04. The van der Waals surface area contributed by atoms with Crippen LogP contribution in [-0.2, 0) is 13.0 Å². The Morgan fingerprint density at radius 1 is 1.25 bits per heavy atom. The van der Waals surface area contributed by atoms with E-state index in [9.17, 15) is 4.79 Å². The molecule has 2 amide bonds. The fourth-order valence-corrected chi connectivity index (χ4v) is 1.33. The lowest BCUT2D eigenvalue weighted by Gasteiger charge is -2.12. The molecule has 0 atom stereocenters. The SMILES string of the molecule is CN(C)C(=O)NCc1ccc(CCN)cc1. The molecule has 3 N–H and O–H groups in total. The number of nitrogens with zero attached hydrogens (tertiary/aromatic N) is 1. The van der Waals surface area contributed by atoms with Crippen molar-refractivity contribution >= 4 is 6.03 Å². The van der Waals surface area contributed by atoms with E-state index < -0.39 is 0 Å². The zero-order valence-corrected chi connectivity index (χ0v) is 9.86. The van der Waals surface area contributed by atoms with Crippen molar-refractivity contribution in [3.8, 4) is 0 Å². The molecular formula is C12H19N3O. The van der Waals surface area contributed by atoms with Crippen molar-refractivity contribution in [3.63, 3.8) is 0 Å². The Balaban J connectivity index is 2.46. The molecule has 0 aliphatic carbocycles. The van der Waals surface area contributed by atoms with Gasteiger partial charge >= 0.3 is 6.03 Å². The summed E-state index contributed by atoms with van der Waals surface area (Å²) in [6.07, 6.45) is 0.893. The summed E-state index contributed by atoms with van der Waals surface area (Å²) in [7, 11) is 3.44. The van der Waals surface area contributed by atoms with Gasteiger partial charge in [-0.25, -0.2) is 4.79 Å². The molecule has 0 bridgehead atoms. The topological polar surface area (TPSA) is 58.4 Å². The van der Waals surface area contributed by atoms with E-state index in [0.29, 0.717) is 13.1 Å². The third-order valence-electron chi connectivity index (χ3n) is 2.31. The molecule has 0 aliphatic heterocycles. The van der Waals surface area contributed by atoms with Gasteiger partial charge in [-0.1, -0.05) is 24.3 Å². The van der Waals surface area contributed by atoms with Crippen LogP contribution in [0, 0.1) is 0 Å². The van der Waals surface area contributed by atoms with Crippen molar-refractivity contribution in [2.45, 2.75) is 13.0 Å². The van der Waals surface area contributed by atoms with Crippen LogP contribution in [0.15, 0.2) is 24.3 Å². The molecule has 1 aromatic carbocycles. The first-order valence-corrected chi connectivity index (χ1v) is 5.36. The first kappa shape index (κ1) is 12.5. The first-order valence-electron chi connectivity index (χ1n) is 5.36. The van der Waals surface area contributed by atoms with Crippen molar-refractivity contribution in [2.75, 3.05) is 20.6 Å². The van der Waals surface area contributed by atoms with E-state index in [4.69, 9.17) is 5.73 Å². The van der Waals surface area contributed by atoms with Gasteiger partial charge in [-0.05, 0) is 24.1 Å². The number of urea groups is 1. The van der Waals surface area contributed by atoms with Crippen molar-refractivity contribution < 1.29 is 4.79 Å². The molecular weight excluding hydrogens is 202 g/mol. The minimum Gasteiger partial charge on any atom is -0.334 e. The minimum atomic E-state index is -0.0777. The average molecular weight is 221 g/mol. The van der Waals surface area contributed by atoms with Gasteiger partial charge in [-0.3, -0.25) is 0 Å². The van der Waals surface area contributed by atoms with E-state index in [0.717, 1.165) is 12.0 Å². The van der Waals surface area contributed by atoms with Gasteiger partial charge < -0.3 is 16.0 Å². The number of nitrogens with one attached hydrogen (secondary N) is 1. The molecule has 0 aromatic heterocycles. The average Bonchev–Trinajstić information content (AvgIpc) is 2.28. The number of benzene rings is 1. The van der Waals surface area contributed by atoms with E-state index in [2.05, 4.69) is 5.32 Å². The molecule has 88 valence electrons. The first-order chi connectivity index (χ1) is 7.63. The Morgan fingerprint density at radius 2 is 1.81 bits per heavy atom. The molecule has 16 heavy (non-hydrogen) atoms. The molecule has 0 spiro atoms. The van der Waals surface area contributed by atoms with Gasteiger partial charge in [0.1, 0.15) is 0 Å². The maximum absolute atomic E-state index is 11.3. The lowest BCUT2D eigenvalue weighted by molar-refractivity contribution is 0.217. The second-order valence-electron chi connectivity index (χ2n) is 3.91. The van der Waals surface area contributed by atoms with E-state index in [1.54, 1.807) is 14.1 Å². The maximum atomic E-state index is 11.3. The van der Waals surface area contributed by atoms with Crippen molar-refractivity contribution in [1.82, 2.24) is 10.2 Å². The number of nitrogens with two attached hydrogens (primary N) is 1. The Labute approximate surface area is 96.4 Å². The summed E-state index contributed by atoms with van der Waals surface area (Å²) in [5, 5.41) is 2.81. The van der Waals surface area contributed by atoms with Crippen LogP contribution in [0.1, 0.15) is 11.1 Å². The van der Waals surface area contributed by atoms with Crippen LogP contribution in [0.3, 0.4) is 0 Å². The van der Waals surface area contributed by atoms with Crippen molar-refractivity contribution in [3.05, 3.63) is 35.4 Å². The van der Waals surface area contributed by atoms with Crippen LogP contribution in [0.4, 0.5) is 4.79 Å². The summed E-state index contributed by atoms with van der Waals surface area (Å²) in [6.45, 7) is 1.22. The molecule has 0 unspecified atom stereocenters. The van der Waals surface area contributed by atoms with E-state index in [1.807, 2.05) is 24.3 Å². The molecule has 4 heteroatoms. The summed E-state index contributed by atoms with van der Waals surface area (Å²) in [5.74, 6) is 0. The van der Waals surface area contributed by atoms with Crippen LogP contribution in [0.2, 0.25) is 0 Å². The summed E-state index contributed by atoms with van der Waals surface area (Å²) in [5.41, 5.74) is 7.79. The molecule has 0 saturated carbocycles. The van der Waals surface area contributed by atoms with Crippen molar-refractivity contribution in [2.24, 2.45) is 5.73 Å². The highest BCUT2D eigenvalue weighted by Gasteiger charge is 2.01. The number of carbonyl (C=O) groups excluding carboxylic acids is 1. The third-order valence-corrected chi connectivity index (χ3v) is 2.31. The van der Waals surface area contributed by atoms with Gasteiger partial charge in [0.15, 0.2) is 0 Å². The highest BCUT2D eigenvalue weighted by atomic mass is 16.2. The molecule has 0 saturated heterocycles. The minimum absolute atomic E-state index is 0.0777. The number of hydrogen-bond acceptors (Lipinski definition) is 2. The highest BCUT2D eigenvalue weighted by molar-refractivity contribution is 5.73. The van der Waals surface area contributed by atoms with Gasteiger partial charge in [-0.2, -0.15) is 0 Å². The predicted octanol–water partition coefficient (Wildman–Crippen LogP) is 0.959. The fraction of sp³-hybridized carbons (Fsp3) is 0.417. The Morgan fingerprint density at radius 3 is 2.31 bits per heavy atom. The number of hydrogen-bond donors (Lipinski definition) is 2. The normalized spacial score (nSPS) is 9.94. The summed E-state index contributed by atoms with van der Waals surface area (Å²) < 4.78 is 0. The molecule has 1 aromatic rings. The zero-order valence-electron chi connectivity index (χ0n) is 9.86. The van der Waals surface area contributed by atoms with Crippen LogP contribution in [0.25, 0.3) is 0 Å². The predicted molar refractivity (Wildman–Crippen MR) is 65.1 cm³/mol. The Hall–Kier alpha value is -1.55. The fourth-order valence-electron chi connectivity index (χ4n) is 1.33. The molecule has 1 rings (SSSR count). The number of carbonyl (C=O) groups is 1. The quantitative estimate of drug-likeness (QED) is 0.795. The van der Waals surface area contributed by atoms with Gasteiger partial charge in [0.2, 0.25) is 0 Å². The van der Waals surface area contributed by atoms with Gasteiger partial charge in [0.25, 0.3) is 0 Å². The molecule has 0 fully saturated rings. The lowest BCUT2D eigenvalue weighted by Crippen LogP contribution is -2.33. The molecule has 0 radical (unpaired) electrons.